The molecule has 1 aliphatic carbocycles. The second-order valence-electron chi connectivity index (χ2n) is 4.97. The third kappa shape index (κ3) is 2.06. The van der Waals surface area contributed by atoms with Crippen molar-refractivity contribution in [2.24, 2.45) is 0 Å². The van der Waals surface area contributed by atoms with Crippen LogP contribution in [-0.4, -0.2) is 11.5 Å². The molecule has 4 heteroatoms. The Bertz CT molecular complexity index is 437. The largest absolute Gasteiger partial charge is 0.361 e. The highest BCUT2D eigenvalue weighted by molar-refractivity contribution is 6.30. The van der Waals surface area contributed by atoms with Gasteiger partial charge in [-0.05, 0) is 30.5 Å². The van der Waals surface area contributed by atoms with Crippen LogP contribution < -0.4 is 0 Å². The van der Waals surface area contributed by atoms with Crippen molar-refractivity contribution < 1.29 is 13.5 Å². The lowest BCUT2D eigenvalue weighted by molar-refractivity contribution is -0.0508. The highest BCUT2D eigenvalue weighted by Crippen LogP contribution is 2.59. The van der Waals surface area contributed by atoms with Gasteiger partial charge in [-0.1, -0.05) is 23.7 Å². The van der Waals surface area contributed by atoms with Crippen LogP contribution in [0.2, 0.25) is 5.02 Å². The summed E-state index contributed by atoms with van der Waals surface area (Å²) in [5.41, 5.74) is 0.662. The fourth-order valence-corrected chi connectivity index (χ4v) is 2.86. The summed E-state index contributed by atoms with van der Waals surface area (Å²) in [5.74, 6) is -2.50. The van der Waals surface area contributed by atoms with Crippen molar-refractivity contribution in [3.05, 3.63) is 34.9 Å². The van der Waals surface area contributed by atoms with Crippen molar-refractivity contribution in [3.8, 4) is 0 Å². The van der Waals surface area contributed by atoms with E-state index < -0.39 is 5.92 Å². The van der Waals surface area contributed by atoms with Crippen LogP contribution in [0.15, 0.2) is 24.3 Å². The first-order valence-corrected chi connectivity index (χ1v) is 6.20. The lowest BCUT2D eigenvalue weighted by atomic mass is 9.82. The van der Waals surface area contributed by atoms with Gasteiger partial charge in [-0.2, -0.15) is 0 Å². The molecule has 0 radical (unpaired) electrons. The van der Waals surface area contributed by atoms with Gasteiger partial charge in [0.05, 0.1) is 5.60 Å². The number of hydrogen-bond acceptors (Lipinski definition) is 1. The van der Waals surface area contributed by atoms with Gasteiger partial charge in [0.1, 0.15) is 6.10 Å². The number of halogens is 3. The molecule has 17 heavy (non-hydrogen) atoms. The molecular weight excluding hydrogens is 246 g/mol. The molecule has 1 saturated heterocycles. The summed E-state index contributed by atoms with van der Waals surface area (Å²) >= 11 is 5.91. The van der Waals surface area contributed by atoms with Gasteiger partial charge in [0.2, 0.25) is 5.92 Å². The quantitative estimate of drug-likeness (QED) is 0.682. The monoisotopic (exact) mass is 258 g/mol. The Labute approximate surface area is 104 Å². The van der Waals surface area contributed by atoms with E-state index in [4.69, 9.17) is 16.3 Å². The Morgan fingerprint density at radius 3 is 2.53 bits per heavy atom. The number of epoxide rings is 1. The van der Waals surface area contributed by atoms with E-state index in [0.29, 0.717) is 17.9 Å². The van der Waals surface area contributed by atoms with Crippen LogP contribution in [-0.2, 0) is 4.74 Å². The van der Waals surface area contributed by atoms with Gasteiger partial charge in [0.15, 0.2) is 0 Å². The Hall–Kier alpha value is -0.670. The highest BCUT2D eigenvalue weighted by Gasteiger charge is 2.60. The fraction of sp³-hybridized carbons (Fsp3) is 0.538. The van der Waals surface area contributed by atoms with Crippen LogP contribution >= 0.6 is 11.6 Å². The first-order valence-electron chi connectivity index (χ1n) is 5.82. The first-order chi connectivity index (χ1) is 8.01. The van der Waals surface area contributed by atoms with Crippen molar-refractivity contribution >= 4 is 11.6 Å². The van der Waals surface area contributed by atoms with Crippen LogP contribution in [0.25, 0.3) is 0 Å². The van der Waals surface area contributed by atoms with Crippen LogP contribution in [0.1, 0.15) is 37.4 Å². The first kappa shape index (κ1) is 11.4. The standard InChI is InChI=1S/C13H13ClF2O/c14-10-3-1-2-9(8-10)11-12(17-11)4-6-13(15,16)7-5-12/h1-3,8,11H,4-7H2. The number of alkyl halides is 2. The van der Waals surface area contributed by atoms with E-state index in [1.54, 1.807) is 6.07 Å². The van der Waals surface area contributed by atoms with E-state index in [1.807, 2.05) is 18.2 Å². The SMILES string of the molecule is FC1(F)CCC2(CC1)OC2c1cccc(Cl)c1. The number of rotatable bonds is 1. The van der Waals surface area contributed by atoms with E-state index in [2.05, 4.69) is 0 Å². The van der Waals surface area contributed by atoms with Gasteiger partial charge >= 0.3 is 0 Å². The van der Waals surface area contributed by atoms with Crippen molar-refractivity contribution in [1.29, 1.82) is 0 Å². The highest BCUT2D eigenvalue weighted by atomic mass is 35.5. The van der Waals surface area contributed by atoms with Gasteiger partial charge in [0, 0.05) is 17.9 Å². The molecule has 92 valence electrons. The average Bonchev–Trinajstić information content (AvgIpc) is 2.98. The van der Waals surface area contributed by atoms with Gasteiger partial charge in [-0.25, -0.2) is 8.78 Å². The van der Waals surface area contributed by atoms with E-state index in [9.17, 15) is 8.78 Å². The molecule has 1 spiro atoms. The summed E-state index contributed by atoms with van der Waals surface area (Å²) in [6, 6.07) is 7.46. The van der Waals surface area contributed by atoms with Crippen molar-refractivity contribution in [1.82, 2.24) is 0 Å². The number of ether oxygens (including phenoxy) is 1. The number of hydrogen-bond donors (Lipinski definition) is 0. The van der Waals surface area contributed by atoms with Gasteiger partial charge in [-0.3, -0.25) is 0 Å². The average molecular weight is 259 g/mol. The summed E-state index contributed by atoms with van der Waals surface area (Å²) in [6.45, 7) is 0. The molecule has 2 aliphatic rings. The Morgan fingerprint density at radius 1 is 1.18 bits per heavy atom. The molecule has 1 unspecified atom stereocenters. The normalized spacial score (nSPS) is 29.2. The molecule has 1 atom stereocenters. The van der Waals surface area contributed by atoms with Crippen molar-refractivity contribution in [2.45, 2.75) is 43.3 Å². The maximum absolute atomic E-state index is 13.1. The van der Waals surface area contributed by atoms with Crippen LogP contribution in [0.5, 0.6) is 0 Å². The maximum Gasteiger partial charge on any atom is 0.248 e. The molecule has 0 bridgehead atoms. The van der Waals surface area contributed by atoms with Gasteiger partial charge in [-0.15, -0.1) is 0 Å². The number of benzene rings is 1. The molecule has 1 aromatic rings. The third-order valence-corrected chi connectivity index (χ3v) is 3.99. The second-order valence-corrected chi connectivity index (χ2v) is 5.41. The van der Waals surface area contributed by atoms with Crippen molar-refractivity contribution in [3.63, 3.8) is 0 Å². The zero-order valence-electron chi connectivity index (χ0n) is 9.26. The van der Waals surface area contributed by atoms with Gasteiger partial charge < -0.3 is 4.74 Å². The van der Waals surface area contributed by atoms with Crippen LogP contribution in [0.3, 0.4) is 0 Å². The van der Waals surface area contributed by atoms with Crippen LogP contribution in [0.4, 0.5) is 8.78 Å². The maximum atomic E-state index is 13.1. The molecule has 0 aromatic heterocycles. The summed E-state index contributed by atoms with van der Waals surface area (Å²) in [4.78, 5) is 0. The Balaban J connectivity index is 1.74. The molecule has 1 saturated carbocycles. The Morgan fingerprint density at radius 2 is 1.88 bits per heavy atom. The minimum absolute atomic E-state index is 0.0442. The predicted octanol–water partition coefficient (Wildman–Crippen LogP) is 4.36. The molecule has 3 rings (SSSR count). The smallest absolute Gasteiger partial charge is 0.248 e. The zero-order chi connectivity index (χ0) is 12.1. The molecule has 1 aromatic carbocycles. The summed E-state index contributed by atoms with van der Waals surface area (Å²) in [5, 5.41) is 0.661. The Kier molecular flexibility index (Phi) is 2.46. The van der Waals surface area contributed by atoms with E-state index in [1.165, 1.54) is 0 Å². The summed E-state index contributed by atoms with van der Waals surface area (Å²) < 4.78 is 31.9. The van der Waals surface area contributed by atoms with Crippen molar-refractivity contribution in [2.75, 3.05) is 0 Å². The summed E-state index contributed by atoms with van der Waals surface area (Å²) in [7, 11) is 0. The lowest BCUT2D eigenvalue weighted by Crippen LogP contribution is -2.29. The summed E-state index contributed by atoms with van der Waals surface area (Å²) in [6.07, 6.45) is 0.708. The third-order valence-electron chi connectivity index (χ3n) is 3.75. The molecular formula is C13H13ClF2O. The molecule has 1 nitrogen and oxygen atoms in total. The molecule has 0 N–H and O–H groups in total. The topological polar surface area (TPSA) is 12.5 Å². The zero-order valence-corrected chi connectivity index (χ0v) is 10.0. The molecule has 1 aliphatic heterocycles. The molecule has 1 heterocycles. The van der Waals surface area contributed by atoms with E-state index >= 15 is 0 Å². The van der Waals surface area contributed by atoms with Gasteiger partial charge in [0.25, 0.3) is 0 Å². The molecule has 2 fully saturated rings. The van der Waals surface area contributed by atoms with Crippen LogP contribution in [0, 0.1) is 0 Å². The molecule has 0 amide bonds. The second kappa shape index (κ2) is 3.66. The lowest BCUT2D eigenvalue weighted by Gasteiger charge is -2.26. The van der Waals surface area contributed by atoms with E-state index in [0.717, 1.165) is 5.56 Å². The predicted molar refractivity (Wildman–Crippen MR) is 61.4 cm³/mol. The fourth-order valence-electron chi connectivity index (χ4n) is 2.66. The van der Waals surface area contributed by atoms with E-state index in [-0.39, 0.29) is 24.5 Å². The minimum atomic E-state index is -2.50. The minimum Gasteiger partial charge on any atom is -0.361 e.